The van der Waals surface area contributed by atoms with Gasteiger partial charge in [0.2, 0.25) is 0 Å². The maximum Gasteiger partial charge on any atom is 0.258 e. The van der Waals surface area contributed by atoms with Gasteiger partial charge in [-0.3, -0.25) is 4.79 Å². The summed E-state index contributed by atoms with van der Waals surface area (Å²) in [5.74, 6) is 0.890. The number of aliphatic hydroxyl groups is 1. The molecule has 0 aliphatic rings. The summed E-state index contributed by atoms with van der Waals surface area (Å²) in [6.45, 7) is 4.60. The number of nitrogens with two attached hydrogens (primary N) is 1. The Labute approximate surface area is 196 Å². The largest absolute Gasteiger partial charge is 0.491 e. The minimum Gasteiger partial charge on any atom is -0.491 e. The molecule has 0 heterocycles. The van der Waals surface area contributed by atoms with Crippen LogP contribution >= 0.6 is 12.4 Å². The number of para-hydroxylation sites is 1. The molecule has 0 aliphatic carbocycles. The monoisotopic (exact) mass is 466 g/mol. The summed E-state index contributed by atoms with van der Waals surface area (Å²) in [4.78, 5) is 11.6. The fourth-order valence-electron chi connectivity index (χ4n) is 2.94. The van der Waals surface area contributed by atoms with Crippen molar-refractivity contribution >= 4 is 18.3 Å². The van der Waals surface area contributed by atoms with Crippen LogP contribution in [0.4, 0.5) is 0 Å². The van der Waals surface area contributed by atoms with Crippen molar-refractivity contribution in [2.24, 2.45) is 5.73 Å². The number of ether oxygens (including phenoxy) is 3. The SMILES string of the molecule is CCOCCCC(Oc1ccc(CCNCC(O)COc2ccccc2)cc1)C(N)=O.Cl. The van der Waals surface area contributed by atoms with E-state index in [4.69, 9.17) is 19.9 Å². The van der Waals surface area contributed by atoms with Crippen molar-refractivity contribution in [3.8, 4) is 11.5 Å². The Morgan fingerprint density at radius 1 is 1.09 bits per heavy atom. The van der Waals surface area contributed by atoms with Crippen LogP contribution in [0.25, 0.3) is 0 Å². The second kappa shape index (κ2) is 16.3. The second-order valence-corrected chi connectivity index (χ2v) is 7.22. The molecule has 0 bridgehead atoms. The Bertz CT molecular complexity index is 746. The number of hydrogen-bond donors (Lipinski definition) is 3. The fraction of sp³-hybridized carbons (Fsp3) is 0.458. The molecule has 32 heavy (non-hydrogen) atoms. The number of benzene rings is 2. The Morgan fingerprint density at radius 3 is 2.47 bits per heavy atom. The van der Waals surface area contributed by atoms with Gasteiger partial charge >= 0.3 is 0 Å². The van der Waals surface area contributed by atoms with Gasteiger partial charge < -0.3 is 30.4 Å². The molecule has 0 aliphatic heterocycles. The van der Waals surface area contributed by atoms with Crippen LogP contribution in [0.2, 0.25) is 0 Å². The highest BCUT2D eigenvalue weighted by Crippen LogP contribution is 2.16. The van der Waals surface area contributed by atoms with Gasteiger partial charge in [-0.1, -0.05) is 30.3 Å². The lowest BCUT2D eigenvalue weighted by Gasteiger charge is -2.16. The summed E-state index contributed by atoms with van der Waals surface area (Å²) in [5, 5.41) is 13.2. The van der Waals surface area contributed by atoms with Crippen LogP contribution < -0.4 is 20.5 Å². The Hall–Kier alpha value is -2.32. The van der Waals surface area contributed by atoms with Gasteiger partial charge in [0.25, 0.3) is 5.91 Å². The summed E-state index contributed by atoms with van der Waals surface area (Å²) >= 11 is 0. The summed E-state index contributed by atoms with van der Waals surface area (Å²) in [5.41, 5.74) is 6.57. The number of halogens is 1. The molecule has 2 aromatic rings. The first kappa shape index (κ1) is 27.7. The van der Waals surface area contributed by atoms with E-state index in [9.17, 15) is 9.90 Å². The molecule has 1 amide bonds. The van der Waals surface area contributed by atoms with E-state index in [-0.39, 0.29) is 19.0 Å². The van der Waals surface area contributed by atoms with Gasteiger partial charge in [0.05, 0.1) is 0 Å². The van der Waals surface area contributed by atoms with Gasteiger partial charge in [-0.15, -0.1) is 12.4 Å². The van der Waals surface area contributed by atoms with Crippen molar-refractivity contribution in [1.29, 1.82) is 0 Å². The number of hydrogen-bond acceptors (Lipinski definition) is 6. The van der Waals surface area contributed by atoms with Gasteiger partial charge in [0.1, 0.15) is 24.2 Å². The lowest BCUT2D eigenvalue weighted by Crippen LogP contribution is -2.34. The van der Waals surface area contributed by atoms with Crippen molar-refractivity contribution in [2.75, 3.05) is 32.9 Å². The van der Waals surface area contributed by atoms with Crippen LogP contribution in [0.3, 0.4) is 0 Å². The highest BCUT2D eigenvalue weighted by atomic mass is 35.5. The number of amides is 1. The van der Waals surface area contributed by atoms with Gasteiger partial charge in [0, 0.05) is 19.8 Å². The average Bonchev–Trinajstić information content (AvgIpc) is 2.79. The van der Waals surface area contributed by atoms with E-state index >= 15 is 0 Å². The molecule has 8 heteroatoms. The zero-order valence-electron chi connectivity index (χ0n) is 18.6. The van der Waals surface area contributed by atoms with Crippen LogP contribution in [0, 0.1) is 0 Å². The van der Waals surface area contributed by atoms with E-state index in [1.54, 1.807) is 0 Å². The number of rotatable bonds is 16. The molecule has 4 N–H and O–H groups in total. The first-order valence-corrected chi connectivity index (χ1v) is 10.8. The quantitative estimate of drug-likeness (QED) is 0.329. The average molecular weight is 467 g/mol. The van der Waals surface area contributed by atoms with Crippen molar-refractivity contribution < 1.29 is 24.1 Å². The van der Waals surface area contributed by atoms with Crippen LogP contribution in [-0.2, 0) is 16.0 Å². The first-order valence-electron chi connectivity index (χ1n) is 10.8. The molecule has 2 atom stereocenters. The predicted molar refractivity (Wildman–Crippen MR) is 128 cm³/mol. The van der Waals surface area contributed by atoms with Crippen LogP contribution in [0.5, 0.6) is 11.5 Å². The summed E-state index contributed by atoms with van der Waals surface area (Å²) in [6, 6.07) is 17.0. The highest BCUT2D eigenvalue weighted by molar-refractivity contribution is 5.85. The molecule has 0 aromatic heterocycles. The molecule has 0 fully saturated rings. The van der Waals surface area contributed by atoms with Crippen molar-refractivity contribution in [2.45, 2.75) is 38.4 Å². The second-order valence-electron chi connectivity index (χ2n) is 7.22. The molecular formula is C24H35ClN2O5. The Balaban J connectivity index is 0.00000512. The molecule has 178 valence electrons. The molecular weight excluding hydrogens is 432 g/mol. The normalized spacial score (nSPS) is 12.4. The summed E-state index contributed by atoms with van der Waals surface area (Å²) < 4.78 is 16.6. The fourth-order valence-corrected chi connectivity index (χ4v) is 2.94. The predicted octanol–water partition coefficient (Wildman–Crippen LogP) is 2.73. The van der Waals surface area contributed by atoms with E-state index in [1.165, 1.54) is 0 Å². The van der Waals surface area contributed by atoms with Crippen LogP contribution in [0.1, 0.15) is 25.3 Å². The smallest absolute Gasteiger partial charge is 0.258 e. The minimum absolute atomic E-state index is 0. The molecule has 2 aromatic carbocycles. The number of nitrogens with one attached hydrogen (secondary N) is 1. The van der Waals surface area contributed by atoms with E-state index in [2.05, 4.69) is 5.32 Å². The third-order valence-electron chi connectivity index (χ3n) is 4.63. The van der Waals surface area contributed by atoms with E-state index in [0.717, 1.165) is 24.3 Å². The van der Waals surface area contributed by atoms with Crippen molar-refractivity contribution in [1.82, 2.24) is 5.32 Å². The van der Waals surface area contributed by atoms with Gasteiger partial charge in [-0.05, 0) is 62.6 Å². The standard InChI is InChI=1S/C24H34N2O5.ClH/c1-2-29-16-6-9-23(24(25)28)31-22-12-10-19(11-13-22)14-15-26-17-20(27)18-30-21-7-4-3-5-8-21;/h3-5,7-8,10-13,20,23,26-27H,2,6,9,14-18H2,1H3,(H2,25,28);1H. The Morgan fingerprint density at radius 2 is 1.81 bits per heavy atom. The summed E-state index contributed by atoms with van der Waals surface area (Å²) in [6.07, 6.45) is 0.808. The third-order valence-corrected chi connectivity index (χ3v) is 4.63. The highest BCUT2D eigenvalue weighted by Gasteiger charge is 2.16. The third kappa shape index (κ3) is 11.3. The zero-order valence-corrected chi connectivity index (χ0v) is 19.4. The summed E-state index contributed by atoms with van der Waals surface area (Å²) in [7, 11) is 0. The minimum atomic E-state index is -0.660. The topological polar surface area (TPSA) is 103 Å². The lowest BCUT2D eigenvalue weighted by atomic mass is 10.1. The Kier molecular flexibility index (Phi) is 14.1. The molecule has 7 nitrogen and oxygen atoms in total. The maximum absolute atomic E-state index is 11.6. The van der Waals surface area contributed by atoms with E-state index in [1.807, 2.05) is 61.5 Å². The number of carbonyl (C=O) groups excluding carboxylic acids is 1. The van der Waals surface area contributed by atoms with Gasteiger partial charge in [-0.2, -0.15) is 0 Å². The van der Waals surface area contributed by atoms with Crippen LogP contribution in [-0.4, -0.2) is 56.1 Å². The number of carbonyl (C=O) groups is 1. The molecule has 2 unspecified atom stereocenters. The number of primary amides is 1. The van der Waals surface area contributed by atoms with Crippen molar-refractivity contribution in [3.05, 3.63) is 60.2 Å². The van der Waals surface area contributed by atoms with Gasteiger partial charge in [0.15, 0.2) is 6.10 Å². The lowest BCUT2D eigenvalue weighted by molar-refractivity contribution is -0.125. The first-order chi connectivity index (χ1) is 15.1. The molecule has 0 saturated carbocycles. The van der Waals surface area contributed by atoms with E-state index < -0.39 is 18.1 Å². The zero-order chi connectivity index (χ0) is 22.3. The van der Waals surface area contributed by atoms with Gasteiger partial charge in [-0.25, -0.2) is 0 Å². The number of aliphatic hydroxyl groups excluding tert-OH is 1. The maximum atomic E-state index is 11.6. The molecule has 0 saturated heterocycles. The van der Waals surface area contributed by atoms with Crippen molar-refractivity contribution in [3.63, 3.8) is 0 Å². The molecule has 0 spiro atoms. The molecule has 0 radical (unpaired) electrons. The van der Waals surface area contributed by atoms with Crippen LogP contribution in [0.15, 0.2) is 54.6 Å². The van der Waals surface area contributed by atoms with E-state index in [0.29, 0.717) is 38.3 Å². The molecule has 2 rings (SSSR count).